The van der Waals surface area contributed by atoms with Crippen LogP contribution in [-0.4, -0.2) is 17.9 Å². The minimum Gasteiger partial charge on any atom is -0.368 e. The van der Waals surface area contributed by atoms with Crippen molar-refractivity contribution < 1.29 is 22.8 Å². The van der Waals surface area contributed by atoms with Crippen molar-refractivity contribution in [2.75, 3.05) is 0 Å². The van der Waals surface area contributed by atoms with Crippen molar-refractivity contribution in [2.24, 2.45) is 11.7 Å². The number of carbonyl (C=O) groups excluding carboxylic acids is 2. The Morgan fingerprint density at radius 1 is 1.36 bits per heavy atom. The Balaban J connectivity index is 3.02. The highest BCUT2D eigenvalue weighted by molar-refractivity contribution is 5.98. The van der Waals surface area contributed by atoms with Crippen LogP contribution in [0.4, 0.5) is 13.2 Å². The number of primary amides is 1. The van der Waals surface area contributed by atoms with Gasteiger partial charge in [0.1, 0.15) is 6.04 Å². The van der Waals surface area contributed by atoms with Crippen LogP contribution in [0.25, 0.3) is 0 Å². The number of nitriles is 1. The van der Waals surface area contributed by atoms with Gasteiger partial charge in [-0.1, -0.05) is 12.1 Å². The summed E-state index contributed by atoms with van der Waals surface area (Å²) in [6.07, 6.45) is -4.78. The minimum absolute atomic E-state index is 0.0776. The molecule has 5 nitrogen and oxygen atoms in total. The molecule has 0 aliphatic carbocycles. The zero-order valence-corrected chi connectivity index (χ0v) is 11.6. The van der Waals surface area contributed by atoms with E-state index < -0.39 is 41.1 Å². The quantitative estimate of drug-likeness (QED) is 0.868. The molecule has 118 valence electrons. The summed E-state index contributed by atoms with van der Waals surface area (Å²) in [5.74, 6) is -2.57. The highest BCUT2D eigenvalue weighted by Crippen LogP contribution is 2.31. The lowest BCUT2D eigenvalue weighted by molar-refractivity contribution is -0.137. The van der Waals surface area contributed by atoms with E-state index in [2.05, 4.69) is 5.32 Å². The number of halogens is 3. The molecule has 22 heavy (non-hydrogen) atoms. The summed E-state index contributed by atoms with van der Waals surface area (Å²) in [6.45, 7) is 1.51. The fraction of sp³-hybridized carbons (Fsp3) is 0.357. The van der Waals surface area contributed by atoms with Gasteiger partial charge in [-0.05, 0) is 25.5 Å². The number of hydrogen-bond acceptors (Lipinski definition) is 3. The molecule has 0 aromatic heterocycles. The van der Waals surface area contributed by atoms with Crippen molar-refractivity contribution >= 4 is 11.8 Å². The van der Waals surface area contributed by atoms with E-state index in [9.17, 15) is 22.8 Å². The Morgan fingerprint density at radius 2 is 1.95 bits per heavy atom. The molecule has 1 rings (SSSR count). The highest BCUT2D eigenvalue weighted by atomic mass is 19.4. The monoisotopic (exact) mass is 313 g/mol. The molecule has 0 bridgehead atoms. The Morgan fingerprint density at radius 3 is 2.45 bits per heavy atom. The standard InChI is InChI=1S/C14H14F3N3O2/c1-8(7-18)6-11(12(19)21)20-13(22)9-4-2-3-5-10(9)14(15,16)17/h2-5,8,11H,6H2,1H3,(H2,19,21)(H,20,22)/t8-,11+/m1/s1. The maximum Gasteiger partial charge on any atom is 0.417 e. The number of nitrogens with zero attached hydrogens (tertiary/aromatic N) is 1. The van der Waals surface area contributed by atoms with Gasteiger partial charge in [0.2, 0.25) is 5.91 Å². The molecular formula is C14H14F3N3O2. The molecular weight excluding hydrogens is 299 g/mol. The normalized spacial score (nSPS) is 13.8. The van der Waals surface area contributed by atoms with E-state index in [-0.39, 0.29) is 6.42 Å². The zero-order chi connectivity index (χ0) is 16.9. The fourth-order valence-electron chi connectivity index (χ4n) is 1.82. The summed E-state index contributed by atoms with van der Waals surface area (Å²) in [7, 11) is 0. The minimum atomic E-state index is -4.70. The Hall–Kier alpha value is -2.56. The topological polar surface area (TPSA) is 96.0 Å². The van der Waals surface area contributed by atoms with Gasteiger partial charge in [-0.15, -0.1) is 0 Å². The number of alkyl halides is 3. The van der Waals surface area contributed by atoms with E-state index in [1.54, 1.807) is 0 Å². The molecule has 0 heterocycles. The number of nitrogens with one attached hydrogen (secondary N) is 1. The van der Waals surface area contributed by atoms with Crippen molar-refractivity contribution in [3.05, 3.63) is 35.4 Å². The number of nitrogens with two attached hydrogens (primary N) is 1. The molecule has 0 radical (unpaired) electrons. The molecule has 8 heteroatoms. The largest absolute Gasteiger partial charge is 0.417 e. The van der Waals surface area contributed by atoms with E-state index in [0.717, 1.165) is 18.2 Å². The molecule has 0 saturated heterocycles. The molecule has 0 saturated carbocycles. The van der Waals surface area contributed by atoms with Gasteiger partial charge >= 0.3 is 6.18 Å². The van der Waals surface area contributed by atoms with Crippen LogP contribution in [0.3, 0.4) is 0 Å². The third-order valence-corrected chi connectivity index (χ3v) is 2.94. The maximum absolute atomic E-state index is 12.9. The average molecular weight is 313 g/mol. The van der Waals surface area contributed by atoms with Crippen LogP contribution in [0.15, 0.2) is 24.3 Å². The molecule has 0 aliphatic rings. The predicted octanol–water partition coefficient (Wildman–Crippen LogP) is 1.84. The van der Waals surface area contributed by atoms with Gasteiger partial charge in [0, 0.05) is 5.92 Å². The number of carbonyl (C=O) groups is 2. The molecule has 0 fully saturated rings. The second kappa shape index (κ2) is 6.93. The van der Waals surface area contributed by atoms with Crippen LogP contribution in [0.2, 0.25) is 0 Å². The molecule has 2 amide bonds. The van der Waals surface area contributed by atoms with E-state index in [1.165, 1.54) is 13.0 Å². The second-order valence-corrected chi connectivity index (χ2v) is 4.74. The molecule has 1 aromatic rings. The lowest BCUT2D eigenvalue weighted by Gasteiger charge is -2.18. The van der Waals surface area contributed by atoms with Gasteiger partial charge in [-0.2, -0.15) is 18.4 Å². The van der Waals surface area contributed by atoms with E-state index in [1.807, 2.05) is 6.07 Å². The van der Waals surface area contributed by atoms with Gasteiger partial charge in [0.05, 0.1) is 17.2 Å². The van der Waals surface area contributed by atoms with Crippen LogP contribution >= 0.6 is 0 Å². The van der Waals surface area contributed by atoms with Crippen molar-refractivity contribution in [1.82, 2.24) is 5.32 Å². The Kier molecular flexibility index (Phi) is 5.51. The van der Waals surface area contributed by atoms with E-state index in [0.29, 0.717) is 0 Å². The third-order valence-electron chi connectivity index (χ3n) is 2.94. The first kappa shape index (κ1) is 17.5. The van der Waals surface area contributed by atoms with E-state index >= 15 is 0 Å². The van der Waals surface area contributed by atoms with Gasteiger partial charge < -0.3 is 11.1 Å². The third kappa shape index (κ3) is 4.48. The molecule has 3 N–H and O–H groups in total. The molecule has 0 unspecified atom stereocenters. The van der Waals surface area contributed by atoms with Gasteiger partial charge in [0.15, 0.2) is 0 Å². The number of rotatable bonds is 5. The van der Waals surface area contributed by atoms with Gasteiger partial charge in [-0.3, -0.25) is 9.59 Å². The highest BCUT2D eigenvalue weighted by Gasteiger charge is 2.35. The SMILES string of the molecule is C[C@@H](C#N)C[C@H](NC(=O)c1ccccc1C(F)(F)F)C(N)=O. The summed E-state index contributed by atoms with van der Waals surface area (Å²) in [6, 6.07) is 4.85. The van der Waals surface area contributed by atoms with E-state index in [4.69, 9.17) is 11.0 Å². The molecule has 1 aromatic carbocycles. The van der Waals surface area contributed by atoms with Crippen LogP contribution in [-0.2, 0) is 11.0 Å². The van der Waals surface area contributed by atoms with Crippen molar-refractivity contribution in [3.8, 4) is 6.07 Å². The number of benzene rings is 1. The summed E-state index contributed by atoms with van der Waals surface area (Å²) in [4.78, 5) is 23.3. The molecule has 0 aliphatic heterocycles. The predicted molar refractivity (Wildman–Crippen MR) is 71.3 cm³/mol. The average Bonchev–Trinajstić information content (AvgIpc) is 2.45. The van der Waals surface area contributed by atoms with Crippen LogP contribution in [0, 0.1) is 17.2 Å². The lowest BCUT2D eigenvalue weighted by atomic mass is 10.0. The second-order valence-electron chi connectivity index (χ2n) is 4.74. The number of hydrogen-bond donors (Lipinski definition) is 2. The summed E-state index contributed by atoms with van der Waals surface area (Å²) < 4.78 is 38.6. The van der Waals surface area contributed by atoms with Crippen LogP contribution in [0.5, 0.6) is 0 Å². The summed E-state index contributed by atoms with van der Waals surface area (Å²) in [5.41, 5.74) is 3.39. The van der Waals surface area contributed by atoms with Crippen molar-refractivity contribution in [1.29, 1.82) is 5.26 Å². The van der Waals surface area contributed by atoms with Crippen LogP contribution in [0.1, 0.15) is 29.3 Å². The van der Waals surface area contributed by atoms with Gasteiger partial charge in [0.25, 0.3) is 5.91 Å². The zero-order valence-electron chi connectivity index (χ0n) is 11.6. The summed E-state index contributed by atoms with van der Waals surface area (Å²) >= 11 is 0. The number of amides is 2. The first-order valence-electron chi connectivity index (χ1n) is 6.32. The lowest BCUT2D eigenvalue weighted by Crippen LogP contribution is -2.45. The smallest absolute Gasteiger partial charge is 0.368 e. The molecule has 2 atom stereocenters. The summed E-state index contributed by atoms with van der Waals surface area (Å²) in [5, 5.41) is 10.8. The van der Waals surface area contributed by atoms with Crippen molar-refractivity contribution in [2.45, 2.75) is 25.6 Å². The fourth-order valence-corrected chi connectivity index (χ4v) is 1.82. The Labute approximate surface area is 124 Å². The van der Waals surface area contributed by atoms with Crippen LogP contribution < -0.4 is 11.1 Å². The van der Waals surface area contributed by atoms with Gasteiger partial charge in [-0.25, -0.2) is 0 Å². The molecule has 0 spiro atoms. The Bertz CT molecular complexity index is 608. The van der Waals surface area contributed by atoms with Crippen molar-refractivity contribution in [3.63, 3.8) is 0 Å². The maximum atomic E-state index is 12.9. The first-order valence-corrected chi connectivity index (χ1v) is 6.32. The first-order chi connectivity index (χ1) is 10.2.